The Labute approximate surface area is 131 Å². The molecule has 0 spiro atoms. The van der Waals surface area contributed by atoms with Crippen LogP contribution in [-0.4, -0.2) is 20.5 Å². The van der Waals surface area contributed by atoms with Gasteiger partial charge in [0.05, 0.1) is 12.0 Å². The van der Waals surface area contributed by atoms with Crippen molar-refractivity contribution in [3.63, 3.8) is 0 Å². The highest BCUT2D eigenvalue weighted by atomic mass is 32.2. The standard InChI is InChI=1S/C16H20N2O3S/c1-10-9-14(12(3)13(4)16(10)21-5)22(19,20)18-15-8-6-7-11(2)17-15/h6-9H,1-5H3,(H,17,18). The fourth-order valence-electron chi connectivity index (χ4n) is 2.41. The maximum Gasteiger partial charge on any atom is 0.263 e. The van der Waals surface area contributed by atoms with Gasteiger partial charge in [0.25, 0.3) is 10.0 Å². The number of pyridine rings is 1. The molecule has 0 saturated heterocycles. The molecular formula is C16H20N2O3S. The van der Waals surface area contributed by atoms with Crippen molar-refractivity contribution in [2.45, 2.75) is 32.6 Å². The number of benzene rings is 1. The first kappa shape index (κ1) is 16.3. The lowest BCUT2D eigenvalue weighted by Gasteiger charge is -2.16. The zero-order valence-electron chi connectivity index (χ0n) is 13.4. The van der Waals surface area contributed by atoms with Crippen molar-refractivity contribution < 1.29 is 13.2 Å². The molecule has 0 atom stereocenters. The third-order valence-corrected chi connectivity index (χ3v) is 5.08. The van der Waals surface area contributed by atoms with Crippen LogP contribution >= 0.6 is 0 Å². The van der Waals surface area contributed by atoms with Gasteiger partial charge in [-0.3, -0.25) is 4.72 Å². The maximum absolute atomic E-state index is 12.6. The van der Waals surface area contributed by atoms with E-state index < -0.39 is 10.0 Å². The molecule has 1 N–H and O–H groups in total. The van der Waals surface area contributed by atoms with E-state index >= 15 is 0 Å². The summed E-state index contributed by atoms with van der Waals surface area (Å²) in [4.78, 5) is 4.42. The van der Waals surface area contributed by atoms with Crippen LogP contribution in [0.25, 0.3) is 0 Å². The highest BCUT2D eigenvalue weighted by Gasteiger charge is 2.21. The molecule has 0 aliphatic rings. The summed E-state index contributed by atoms with van der Waals surface area (Å²) in [5.74, 6) is 1.02. The smallest absolute Gasteiger partial charge is 0.263 e. The highest BCUT2D eigenvalue weighted by Crippen LogP contribution is 2.31. The number of aromatic nitrogens is 1. The second-order valence-corrected chi connectivity index (χ2v) is 6.90. The van der Waals surface area contributed by atoms with Gasteiger partial charge in [0, 0.05) is 5.69 Å². The van der Waals surface area contributed by atoms with Gasteiger partial charge >= 0.3 is 0 Å². The molecule has 2 rings (SSSR count). The number of nitrogens with one attached hydrogen (secondary N) is 1. The van der Waals surface area contributed by atoms with Gasteiger partial charge in [-0.1, -0.05) is 6.07 Å². The normalized spacial score (nSPS) is 11.3. The largest absolute Gasteiger partial charge is 0.496 e. The molecule has 2 aromatic rings. The minimum absolute atomic E-state index is 0.242. The van der Waals surface area contributed by atoms with Crippen LogP contribution in [0.4, 0.5) is 5.82 Å². The number of ether oxygens (including phenoxy) is 1. The van der Waals surface area contributed by atoms with E-state index in [1.54, 1.807) is 32.2 Å². The SMILES string of the molecule is COc1c(C)cc(S(=O)(=O)Nc2cccc(C)n2)c(C)c1C. The van der Waals surface area contributed by atoms with Crippen LogP contribution < -0.4 is 9.46 Å². The van der Waals surface area contributed by atoms with Gasteiger partial charge in [0.15, 0.2) is 0 Å². The van der Waals surface area contributed by atoms with E-state index in [2.05, 4.69) is 9.71 Å². The van der Waals surface area contributed by atoms with Crippen molar-refractivity contribution in [2.24, 2.45) is 0 Å². The average Bonchev–Trinajstić information content (AvgIpc) is 2.43. The number of sulfonamides is 1. The van der Waals surface area contributed by atoms with Gasteiger partial charge < -0.3 is 4.74 Å². The summed E-state index contributed by atoms with van der Waals surface area (Å²) in [5.41, 5.74) is 3.02. The molecule has 1 aromatic carbocycles. The topological polar surface area (TPSA) is 68.3 Å². The van der Waals surface area contributed by atoms with Gasteiger partial charge in [-0.15, -0.1) is 0 Å². The number of methoxy groups -OCH3 is 1. The number of hydrogen-bond donors (Lipinski definition) is 1. The van der Waals surface area contributed by atoms with E-state index in [4.69, 9.17) is 4.74 Å². The van der Waals surface area contributed by atoms with E-state index in [-0.39, 0.29) is 4.90 Å². The van der Waals surface area contributed by atoms with Crippen LogP contribution in [0.5, 0.6) is 5.75 Å². The molecule has 0 amide bonds. The Morgan fingerprint density at radius 1 is 1.09 bits per heavy atom. The minimum Gasteiger partial charge on any atom is -0.496 e. The molecular weight excluding hydrogens is 300 g/mol. The first-order valence-corrected chi connectivity index (χ1v) is 8.36. The van der Waals surface area contributed by atoms with Crippen molar-refractivity contribution >= 4 is 15.8 Å². The van der Waals surface area contributed by atoms with Crippen LogP contribution in [0, 0.1) is 27.7 Å². The lowest BCUT2D eigenvalue weighted by molar-refractivity contribution is 0.407. The number of rotatable bonds is 4. The van der Waals surface area contributed by atoms with E-state index in [9.17, 15) is 8.42 Å². The van der Waals surface area contributed by atoms with E-state index in [0.29, 0.717) is 17.1 Å². The lowest BCUT2D eigenvalue weighted by atomic mass is 10.1. The highest BCUT2D eigenvalue weighted by molar-refractivity contribution is 7.92. The summed E-state index contributed by atoms with van der Waals surface area (Å²) in [6, 6.07) is 6.82. The van der Waals surface area contributed by atoms with E-state index in [1.165, 1.54) is 0 Å². The Morgan fingerprint density at radius 2 is 1.77 bits per heavy atom. The number of anilines is 1. The fraction of sp³-hybridized carbons (Fsp3) is 0.312. The molecule has 0 saturated carbocycles. The Kier molecular flexibility index (Phi) is 4.42. The van der Waals surface area contributed by atoms with E-state index in [0.717, 1.165) is 16.8 Å². The second kappa shape index (κ2) is 5.96. The third-order valence-electron chi connectivity index (χ3n) is 3.60. The minimum atomic E-state index is -3.70. The van der Waals surface area contributed by atoms with Crippen molar-refractivity contribution in [1.29, 1.82) is 0 Å². The van der Waals surface area contributed by atoms with Crippen molar-refractivity contribution in [2.75, 3.05) is 11.8 Å². The van der Waals surface area contributed by atoms with Crippen molar-refractivity contribution in [1.82, 2.24) is 4.98 Å². The maximum atomic E-state index is 12.6. The predicted molar refractivity (Wildman–Crippen MR) is 87.0 cm³/mol. The van der Waals surface area contributed by atoms with Crippen LogP contribution in [0.2, 0.25) is 0 Å². The summed E-state index contributed by atoms with van der Waals surface area (Å²) in [7, 11) is -2.12. The molecule has 0 bridgehead atoms. The molecule has 1 heterocycles. The quantitative estimate of drug-likeness (QED) is 0.940. The molecule has 0 aliphatic carbocycles. The van der Waals surface area contributed by atoms with E-state index in [1.807, 2.05) is 26.8 Å². The number of hydrogen-bond acceptors (Lipinski definition) is 4. The first-order chi connectivity index (χ1) is 10.3. The molecule has 0 radical (unpaired) electrons. The summed E-state index contributed by atoms with van der Waals surface area (Å²) >= 11 is 0. The molecule has 5 nitrogen and oxygen atoms in total. The first-order valence-electron chi connectivity index (χ1n) is 6.87. The molecule has 118 valence electrons. The molecule has 22 heavy (non-hydrogen) atoms. The Balaban J connectivity index is 2.50. The van der Waals surface area contributed by atoms with Gasteiger partial charge in [0.2, 0.25) is 0 Å². The molecule has 6 heteroatoms. The van der Waals surface area contributed by atoms with Gasteiger partial charge in [-0.25, -0.2) is 13.4 Å². The number of nitrogens with zero attached hydrogens (tertiary/aromatic N) is 1. The summed E-state index contributed by atoms with van der Waals surface area (Å²) in [6.07, 6.45) is 0. The molecule has 0 unspecified atom stereocenters. The summed E-state index contributed by atoms with van der Waals surface area (Å²) in [6.45, 7) is 7.26. The monoisotopic (exact) mass is 320 g/mol. The fourth-order valence-corrected chi connectivity index (χ4v) is 3.79. The van der Waals surface area contributed by atoms with Crippen LogP contribution in [0.3, 0.4) is 0 Å². The molecule has 0 fully saturated rings. The molecule has 1 aromatic heterocycles. The van der Waals surface area contributed by atoms with Crippen LogP contribution in [-0.2, 0) is 10.0 Å². The summed E-state index contributed by atoms with van der Waals surface area (Å²) < 4.78 is 33.2. The van der Waals surface area contributed by atoms with Crippen LogP contribution in [0.1, 0.15) is 22.4 Å². The van der Waals surface area contributed by atoms with Gasteiger partial charge in [0.1, 0.15) is 11.6 Å². The van der Waals surface area contributed by atoms with Gasteiger partial charge in [-0.2, -0.15) is 0 Å². The van der Waals surface area contributed by atoms with Crippen molar-refractivity contribution in [3.8, 4) is 5.75 Å². The average molecular weight is 320 g/mol. The predicted octanol–water partition coefficient (Wildman–Crippen LogP) is 3.12. The zero-order chi connectivity index (χ0) is 16.5. The number of aryl methyl sites for hydroxylation is 2. The van der Waals surface area contributed by atoms with Crippen molar-refractivity contribution in [3.05, 3.63) is 46.6 Å². The molecule has 0 aliphatic heterocycles. The van der Waals surface area contributed by atoms with Crippen LogP contribution in [0.15, 0.2) is 29.2 Å². The van der Waals surface area contributed by atoms with Gasteiger partial charge in [-0.05, 0) is 62.6 Å². The third kappa shape index (κ3) is 3.06. The summed E-state index contributed by atoms with van der Waals surface area (Å²) in [5, 5.41) is 0. The Bertz CT molecular complexity index is 814. The lowest BCUT2D eigenvalue weighted by Crippen LogP contribution is -2.16. The Morgan fingerprint density at radius 3 is 2.36 bits per heavy atom. The Hall–Kier alpha value is -2.08. The second-order valence-electron chi connectivity index (χ2n) is 5.24. The zero-order valence-corrected chi connectivity index (χ0v) is 14.2.